The van der Waals surface area contributed by atoms with Gasteiger partial charge in [-0.3, -0.25) is 14.7 Å². The number of nitrogens with zero attached hydrogens (tertiary/aromatic N) is 3. The second-order valence-electron chi connectivity index (χ2n) is 6.76. The summed E-state index contributed by atoms with van der Waals surface area (Å²) in [6.45, 7) is 7.58. The van der Waals surface area contributed by atoms with Gasteiger partial charge in [0, 0.05) is 33.2 Å². The van der Waals surface area contributed by atoms with Crippen molar-refractivity contribution >= 4 is 17.9 Å². The van der Waals surface area contributed by atoms with Crippen molar-refractivity contribution in [1.29, 1.82) is 0 Å². The second kappa shape index (κ2) is 7.66. The summed E-state index contributed by atoms with van der Waals surface area (Å²) in [6.07, 6.45) is 4.85. The van der Waals surface area contributed by atoms with Crippen molar-refractivity contribution in [3.63, 3.8) is 0 Å². The maximum absolute atomic E-state index is 11.6. The molecule has 0 spiro atoms. The van der Waals surface area contributed by atoms with Crippen LogP contribution in [0.3, 0.4) is 0 Å². The molecule has 2 rings (SSSR count). The molecule has 0 saturated carbocycles. The van der Waals surface area contributed by atoms with Crippen LogP contribution >= 0.6 is 0 Å². The topological polar surface area (TPSA) is 77.0 Å². The highest BCUT2D eigenvalue weighted by Gasteiger charge is 2.32. The highest BCUT2D eigenvalue weighted by atomic mass is 16.2. The molecule has 0 bridgehead atoms. The molecule has 2 aliphatic heterocycles. The molecule has 0 aromatic rings. The van der Waals surface area contributed by atoms with Crippen LogP contribution in [0.2, 0.25) is 0 Å². The number of amides is 3. The summed E-state index contributed by atoms with van der Waals surface area (Å²) in [5, 5.41) is 5.82. The monoisotopic (exact) mass is 323 g/mol. The Balaban J connectivity index is 1.85. The average molecular weight is 323 g/mol. The second-order valence-corrected chi connectivity index (χ2v) is 6.76. The minimum absolute atomic E-state index is 0.106. The standard InChI is InChI=1S/C16H29N5O2/c1-4-6-16(2)7-5-9-20(12-16)14(17-3)18-8-10-21-13(22)11-19-15(21)23/h4-12H2,1-3H3,(H,17,18)(H,19,23). The number of likely N-dealkylation sites (tertiary alicyclic amines) is 1. The molecule has 23 heavy (non-hydrogen) atoms. The van der Waals surface area contributed by atoms with E-state index in [1.807, 2.05) is 0 Å². The van der Waals surface area contributed by atoms with Gasteiger partial charge in [0.2, 0.25) is 5.91 Å². The van der Waals surface area contributed by atoms with Crippen LogP contribution < -0.4 is 10.6 Å². The quantitative estimate of drug-likeness (QED) is 0.450. The number of imide groups is 1. The number of hydrogen-bond donors (Lipinski definition) is 2. The Labute approximate surface area is 138 Å². The molecule has 2 N–H and O–H groups in total. The molecule has 1 atom stereocenters. The summed E-state index contributed by atoms with van der Waals surface area (Å²) >= 11 is 0. The van der Waals surface area contributed by atoms with Gasteiger partial charge in [0.25, 0.3) is 0 Å². The van der Waals surface area contributed by atoms with Crippen LogP contribution in [0.25, 0.3) is 0 Å². The first-order valence-corrected chi connectivity index (χ1v) is 8.53. The smallest absolute Gasteiger partial charge is 0.324 e. The van der Waals surface area contributed by atoms with Gasteiger partial charge in [-0.2, -0.15) is 0 Å². The Kier molecular flexibility index (Phi) is 5.85. The van der Waals surface area contributed by atoms with Crippen molar-refractivity contribution in [1.82, 2.24) is 20.4 Å². The third-order valence-electron chi connectivity index (χ3n) is 4.70. The Morgan fingerprint density at radius 3 is 2.83 bits per heavy atom. The van der Waals surface area contributed by atoms with Crippen LogP contribution in [0.1, 0.15) is 39.5 Å². The maximum atomic E-state index is 11.6. The number of hydrogen-bond acceptors (Lipinski definition) is 3. The maximum Gasteiger partial charge on any atom is 0.324 e. The highest BCUT2D eigenvalue weighted by molar-refractivity contribution is 6.01. The summed E-state index contributed by atoms with van der Waals surface area (Å²) in [6, 6.07) is -0.305. The lowest BCUT2D eigenvalue weighted by Gasteiger charge is -2.42. The van der Waals surface area contributed by atoms with Crippen molar-refractivity contribution in [2.75, 3.05) is 39.8 Å². The minimum atomic E-state index is -0.305. The van der Waals surface area contributed by atoms with Gasteiger partial charge in [-0.15, -0.1) is 0 Å². The molecule has 2 fully saturated rings. The van der Waals surface area contributed by atoms with E-state index < -0.39 is 0 Å². The molecule has 2 saturated heterocycles. The lowest BCUT2D eigenvalue weighted by atomic mass is 9.78. The van der Waals surface area contributed by atoms with Gasteiger partial charge in [-0.25, -0.2) is 4.79 Å². The molecule has 0 aromatic heterocycles. The molecule has 0 radical (unpaired) electrons. The van der Waals surface area contributed by atoms with Gasteiger partial charge in [0.05, 0.1) is 6.54 Å². The molecule has 7 nitrogen and oxygen atoms in total. The van der Waals surface area contributed by atoms with E-state index in [0.29, 0.717) is 18.5 Å². The Bertz CT molecular complexity index is 459. The fraction of sp³-hybridized carbons (Fsp3) is 0.812. The molecular weight excluding hydrogens is 294 g/mol. The number of nitrogens with one attached hydrogen (secondary N) is 2. The highest BCUT2D eigenvalue weighted by Crippen LogP contribution is 2.33. The van der Waals surface area contributed by atoms with Gasteiger partial charge < -0.3 is 15.5 Å². The average Bonchev–Trinajstić information content (AvgIpc) is 2.83. The molecule has 0 aliphatic carbocycles. The van der Waals surface area contributed by atoms with Crippen LogP contribution in [0.15, 0.2) is 4.99 Å². The van der Waals surface area contributed by atoms with Crippen LogP contribution in [-0.2, 0) is 4.79 Å². The number of guanidine groups is 1. The van der Waals surface area contributed by atoms with Crippen LogP contribution in [0.5, 0.6) is 0 Å². The van der Waals surface area contributed by atoms with Crippen molar-refractivity contribution in [3.05, 3.63) is 0 Å². The van der Waals surface area contributed by atoms with Gasteiger partial charge in [0.1, 0.15) is 0 Å². The number of carbonyl (C=O) groups is 2. The Hall–Kier alpha value is -1.79. The molecule has 130 valence electrons. The van der Waals surface area contributed by atoms with Crippen LogP contribution in [-0.4, -0.2) is 67.5 Å². The van der Waals surface area contributed by atoms with E-state index in [1.165, 1.54) is 30.6 Å². The van der Waals surface area contributed by atoms with E-state index in [2.05, 4.69) is 34.4 Å². The first-order chi connectivity index (χ1) is 11.0. The summed E-state index contributed by atoms with van der Waals surface area (Å²) in [4.78, 5) is 31.0. The molecule has 2 aliphatic rings. The molecule has 7 heteroatoms. The normalized spacial score (nSPS) is 25.8. The van der Waals surface area contributed by atoms with E-state index in [-0.39, 0.29) is 18.5 Å². The summed E-state index contributed by atoms with van der Waals surface area (Å²) < 4.78 is 0. The van der Waals surface area contributed by atoms with Gasteiger partial charge >= 0.3 is 6.03 Å². The predicted octanol–water partition coefficient (Wildman–Crippen LogP) is 1.02. The van der Waals surface area contributed by atoms with Gasteiger partial charge in [0.15, 0.2) is 5.96 Å². The predicted molar refractivity (Wildman–Crippen MR) is 90.3 cm³/mol. The third-order valence-corrected chi connectivity index (χ3v) is 4.70. The van der Waals surface area contributed by atoms with Crippen LogP contribution in [0, 0.1) is 5.41 Å². The van der Waals surface area contributed by atoms with Crippen LogP contribution in [0.4, 0.5) is 4.79 Å². The van der Waals surface area contributed by atoms with E-state index in [9.17, 15) is 9.59 Å². The number of carbonyl (C=O) groups excluding carboxylic acids is 2. The van der Waals surface area contributed by atoms with E-state index in [1.54, 1.807) is 7.05 Å². The number of rotatable bonds is 5. The molecular formula is C16H29N5O2. The first kappa shape index (κ1) is 17.6. The fourth-order valence-electron chi connectivity index (χ4n) is 3.60. The van der Waals surface area contributed by atoms with Gasteiger partial charge in [-0.05, 0) is 24.7 Å². The lowest BCUT2D eigenvalue weighted by molar-refractivity contribution is -0.124. The summed E-state index contributed by atoms with van der Waals surface area (Å²) in [7, 11) is 1.78. The molecule has 2 heterocycles. The number of piperidine rings is 1. The minimum Gasteiger partial charge on any atom is -0.354 e. The van der Waals surface area contributed by atoms with E-state index in [0.717, 1.165) is 19.0 Å². The first-order valence-electron chi connectivity index (χ1n) is 8.53. The molecule has 1 unspecified atom stereocenters. The Morgan fingerprint density at radius 1 is 1.43 bits per heavy atom. The summed E-state index contributed by atoms with van der Waals surface area (Å²) in [5.74, 6) is 0.694. The fourth-order valence-corrected chi connectivity index (χ4v) is 3.60. The lowest BCUT2D eigenvalue weighted by Crippen LogP contribution is -2.51. The van der Waals surface area contributed by atoms with Crippen molar-refractivity contribution in [2.24, 2.45) is 10.4 Å². The number of urea groups is 1. The van der Waals surface area contributed by atoms with Crippen molar-refractivity contribution in [2.45, 2.75) is 39.5 Å². The van der Waals surface area contributed by atoms with Gasteiger partial charge in [-0.1, -0.05) is 20.3 Å². The van der Waals surface area contributed by atoms with Crippen molar-refractivity contribution in [3.8, 4) is 0 Å². The SMILES string of the molecule is CCCC1(C)CCCN(C(=NC)NCCN2C(=O)CNC2=O)C1. The zero-order chi connectivity index (χ0) is 16.9. The van der Waals surface area contributed by atoms with E-state index >= 15 is 0 Å². The Morgan fingerprint density at radius 2 is 2.22 bits per heavy atom. The summed E-state index contributed by atoms with van der Waals surface area (Å²) in [5.41, 5.74) is 0.343. The zero-order valence-electron chi connectivity index (χ0n) is 14.5. The van der Waals surface area contributed by atoms with Crippen molar-refractivity contribution < 1.29 is 9.59 Å². The largest absolute Gasteiger partial charge is 0.354 e. The number of aliphatic imine (C=N–C) groups is 1. The molecule has 0 aromatic carbocycles. The third kappa shape index (κ3) is 4.36. The molecule has 3 amide bonds. The zero-order valence-corrected chi connectivity index (χ0v) is 14.5. The van der Waals surface area contributed by atoms with E-state index in [4.69, 9.17) is 0 Å².